The van der Waals surface area contributed by atoms with Gasteiger partial charge in [-0.1, -0.05) is 23.7 Å². The fraction of sp³-hybridized carbons (Fsp3) is 0.136. The van der Waals surface area contributed by atoms with E-state index in [4.69, 9.17) is 11.6 Å². The summed E-state index contributed by atoms with van der Waals surface area (Å²) >= 11 is 5.95. The van der Waals surface area contributed by atoms with Gasteiger partial charge < -0.3 is 4.90 Å². The van der Waals surface area contributed by atoms with Crippen LogP contribution in [-0.4, -0.2) is 16.7 Å². The number of aromatic nitrogens is 2. The van der Waals surface area contributed by atoms with E-state index in [0.29, 0.717) is 17.1 Å². The van der Waals surface area contributed by atoms with Crippen LogP contribution in [0, 0.1) is 0 Å². The second kappa shape index (κ2) is 7.44. The van der Waals surface area contributed by atoms with Crippen molar-refractivity contribution >= 4 is 22.8 Å². The Morgan fingerprint density at radius 2 is 1.69 bits per heavy atom. The molecule has 29 heavy (non-hydrogen) atoms. The average molecular weight is 416 g/mol. The van der Waals surface area contributed by atoms with Gasteiger partial charge in [-0.3, -0.25) is 0 Å². The Balaban J connectivity index is 1.63. The molecular formula is C22H17ClF3N3. The van der Waals surface area contributed by atoms with E-state index in [-0.39, 0.29) is 0 Å². The van der Waals surface area contributed by atoms with E-state index in [0.717, 1.165) is 34.5 Å². The van der Waals surface area contributed by atoms with Gasteiger partial charge >= 0.3 is 6.18 Å². The van der Waals surface area contributed by atoms with Crippen molar-refractivity contribution in [1.82, 2.24) is 9.61 Å². The molecule has 3 nitrogen and oxygen atoms in total. The third-order valence-corrected chi connectivity index (χ3v) is 5.05. The van der Waals surface area contributed by atoms with E-state index in [9.17, 15) is 13.2 Å². The number of pyridine rings is 1. The maximum atomic E-state index is 12.8. The van der Waals surface area contributed by atoms with Gasteiger partial charge in [0.2, 0.25) is 0 Å². The topological polar surface area (TPSA) is 20.5 Å². The van der Waals surface area contributed by atoms with Crippen molar-refractivity contribution in [1.29, 1.82) is 0 Å². The molecule has 0 saturated heterocycles. The van der Waals surface area contributed by atoms with Crippen molar-refractivity contribution in [2.75, 3.05) is 11.9 Å². The van der Waals surface area contributed by atoms with Gasteiger partial charge in [0.05, 0.1) is 17.3 Å². The number of anilines is 1. The highest BCUT2D eigenvalue weighted by atomic mass is 35.5. The minimum absolute atomic E-state index is 0.662. The number of alkyl halides is 3. The van der Waals surface area contributed by atoms with Crippen LogP contribution in [-0.2, 0) is 12.7 Å². The van der Waals surface area contributed by atoms with Crippen molar-refractivity contribution in [3.63, 3.8) is 0 Å². The summed E-state index contributed by atoms with van der Waals surface area (Å²) in [5.41, 5.74) is 3.75. The Morgan fingerprint density at radius 1 is 1.00 bits per heavy atom. The van der Waals surface area contributed by atoms with Gasteiger partial charge in [-0.15, -0.1) is 0 Å². The molecule has 2 heterocycles. The molecule has 0 bridgehead atoms. The first kappa shape index (κ1) is 19.3. The lowest BCUT2D eigenvalue weighted by molar-refractivity contribution is -0.137. The van der Waals surface area contributed by atoms with E-state index in [1.54, 1.807) is 10.7 Å². The van der Waals surface area contributed by atoms with Crippen LogP contribution in [0.25, 0.3) is 16.6 Å². The summed E-state index contributed by atoms with van der Waals surface area (Å²) in [6.07, 6.45) is -0.822. The standard InChI is InChI=1S/C22H17ClF3N3/c1-28(19-8-6-18(23)7-9-19)14-15-10-11-29-21(12-15)20(13-27-29)16-2-4-17(5-3-16)22(24,25)26/h2-13H,14H2,1H3. The second-order valence-electron chi connectivity index (χ2n) is 6.83. The summed E-state index contributed by atoms with van der Waals surface area (Å²) in [7, 11) is 1.99. The van der Waals surface area contributed by atoms with Gasteiger partial charge in [-0.2, -0.15) is 18.3 Å². The minimum atomic E-state index is -4.35. The Morgan fingerprint density at radius 3 is 2.34 bits per heavy atom. The first-order valence-corrected chi connectivity index (χ1v) is 9.30. The normalized spacial score (nSPS) is 11.8. The van der Waals surface area contributed by atoms with Crippen LogP contribution in [0.5, 0.6) is 0 Å². The van der Waals surface area contributed by atoms with Crippen molar-refractivity contribution in [3.8, 4) is 11.1 Å². The van der Waals surface area contributed by atoms with Gasteiger partial charge in [0.25, 0.3) is 0 Å². The number of benzene rings is 2. The Labute approximate surface area is 171 Å². The molecule has 0 spiro atoms. The average Bonchev–Trinajstić information content (AvgIpc) is 3.11. The lowest BCUT2D eigenvalue weighted by Gasteiger charge is -2.19. The highest BCUT2D eigenvalue weighted by Crippen LogP contribution is 2.32. The van der Waals surface area contributed by atoms with Crippen LogP contribution < -0.4 is 4.90 Å². The monoisotopic (exact) mass is 415 g/mol. The molecule has 148 valence electrons. The van der Waals surface area contributed by atoms with Crippen LogP contribution in [0.3, 0.4) is 0 Å². The number of fused-ring (bicyclic) bond motifs is 1. The SMILES string of the molecule is CN(Cc1ccn2ncc(-c3ccc(C(F)(F)F)cc3)c2c1)c1ccc(Cl)cc1. The molecule has 0 radical (unpaired) electrons. The fourth-order valence-electron chi connectivity index (χ4n) is 3.24. The Kier molecular flexibility index (Phi) is 4.96. The molecule has 4 aromatic rings. The van der Waals surface area contributed by atoms with Crippen LogP contribution in [0.1, 0.15) is 11.1 Å². The molecule has 0 aliphatic carbocycles. The molecule has 4 rings (SSSR count). The molecule has 0 N–H and O–H groups in total. The quantitative estimate of drug-likeness (QED) is 0.389. The zero-order chi connectivity index (χ0) is 20.6. The molecule has 0 aliphatic heterocycles. The smallest absolute Gasteiger partial charge is 0.370 e. The van der Waals surface area contributed by atoms with Crippen molar-refractivity contribution in [2.45, 2.75) is 12.7 Å². The predicted molar refractivity (Wildman–Crippen MR) is 109 cm³/mol. The second-order valence-corrected chi connectivity index (χ2v) is 7.27. The van der Waals surface area contributed by atoms with Crippen LogP contribution in [0.15, 0.2) is 73.1 Å². The highest BCUT2D eigenvalue weighted by molar-refractivity contribution is 6.30. The number of rotatable bonds is 4. The third-order valence-electron chi connectivity index (χ3n) is 4.80. The Hall–Kier alpha value is -2.99. The Bertz CT molecular complexity index is 1130. The number of hydrogen-bond acceptors (Lipinski definition) is 2. The minimum Gasteiger partial charge on any atom is -0.370 e. The lowest BCUT2D eigenvalue weighted by Crippen LogP contribution is -2.16. The molecule has 0 amide bonds. The van der Waals surface area contributed by atoms with Crippen LogP contribution in [0.4, 0.5) is 18.9 Å². The summed E-state index contributed by atoms with van der Waals surface area (Å²) in [6, 6.07) is 16.7. The highest BCUT2D eigenvalue weighted by Gasteiger charge is 2.30. The molecule has 2 aromatic heterocycles. The summed E-state index contributed by atoms with van der Waals surface area (Å²) in [6.45, 7) is 0.662. The molecule has 7 heteroatoms. The fourth-order valence-corrected chi connectivity index (χ4v) is 3.37. The van der Waals surface area contributed by atoms with Gasteiger partial charge in [0.15, 0.2) is 0 Å². The van der Waals surface area contributed by atoms with Crippen molar-refractivity contribution in [3.05, 3.63) is 89.2 Å². The molecule has 0 aliphatic rings. The van der Waals surface area contributed by atoms with Gasteiger partial charge in [-0.25, -0.2) is 4.52 Å². The molecule has 0 unspecified atom stereocenters. The van der Waals surface area contributed by atoms with Gasteiger partial charge in [-0.05, 0) is 59.7 Å². The summed E-state index contributed by atoms with van der Waals surface area (Å²) in [5, 5.41) is 5.00. The zero-order valence-corrected chi connectivity index (χ0v) is 16.2. The number of hydrogen-bond donors (Lipinski definition) is 0. The third kappa shape index (κ3) is 4.07. The lowest BCUT2D eigenvalue weighted by atomic mass is 10.0. The van der Waals surface area contributed by atoms with E-state index in [1.807, 2.05) is 49.6 Å². The van der Waals surface area contributed by atoms with Gasteiger partial charge in [0, 0.05) is 36.1 Å². The first-order valence-electron chi connectivity index (χ1n) is 8.92. The number of halogens is 4. The number of nitrogens with zero attached hydrogens (tertiary/aromatic N) is 3. The van der Waals surface area contributed by atoms with E-state index in [1.165, 1.54) is 12.1 Å². The zero-order valence-electron chi connectivity index (χ0n) is 15.5. The van der Waals surface area contributed by atoms with Crippen molar-refractivity contribution in [2.24, 2.45) is 0 Å². The largest absolute Gasteiger partial charge is 0.416 e. The van der Waals surface area contributed by atoms with Crippen LogP contribution in [0.2, 0.25) is 5.02 Å². The van der Waals surface area contributed by atoms with Crippen LogP contribution >= 0.6 is 11.6 Å². The molecule has 0 fully saturated rings. The van der Waals surface area contributed by atoms with Crippen molar-refractivity contribution < 1.29 is 13.2 Å². The van der Waals surface area contributed by atoms with Gasteiger partial charge in [0.1, 0.15) is 0 Å². The maximum absolute atomic E-state index is 12.8. The van der Waals surface area contributed by atoms with E-state index < -0.39 is 11.7 Å². The molecule has 0 saturated carbocycles. The molecule has 0 atom stereocenters. The maximum Gasteiger partial charge on any atom is 0.416 e. The summed E-state index contributed by atoms with van der Waals surface area (Å²) in [5.74, 6) is 0. The first-order chi connectivity index (χ1) is 13.8. The summed E-state index contributed by atoms with van der Waals surface area (Å²) < 4.78 is 40.2. The predicted octanol–water partition coefficient (Wildman–Crippen LogP) is 6.31. The summed E-state index contributed by atoms with van der Waals surface area (Å²) in [4.78, 5) is 2.09. The van der Waals surface area contributed by atoms with E-state index >= 15 is 0 Å². The van der Waals surface area contributed by atoms with E-state index in [2.05, 4.69) is 10.00 Å². The molecular weight excluding hydrogens is 399 g/mol. The molecule has 2 aromatic carbocycles.